The van der Waals surface area contributed by atoms with Crippen molar-refractivity contribution in [3.05, 3.63) is 64.7 Å². The second kappa shape index (κ2) is 11.2. The summed E-state index contributed by atoms with van der Waals surface area (Å²) in [4.78, 5) is 2.24. The van der Waals surface area contributed by atoms with Crippen LogP contribution in [0.5, 0.6) is 5.75 Å². The number of nitrogens with zero attached hydrogens (tertiary/aromatic N) is 1. The molecule has 2 aromatic rings. The van der Waals surface area contributed by atoms with Crippen molar-refractivity contribution in [3.8, 4) is 5.75 Å². The van der Waals surface area contributed by atoms with Gasteiger partial charge in [-0.15, -0.1) is 0 Å². The molecule has 0 spiro atoms. The van der Waals surface area contributed by atoms with Gasteiger partial charge in [-0.05, 0) is 75.6 Å². The quantitative estimate of drug-likeness (QED) is 0.482. The number of hydrogen-bond acceptors (Lipinski definition) is 2. The van der Waals surface area contributed by atoms with Gasteiger partial charge in [-0.25, -0.2) is 0 Å². The Morgan fingerprint density at radius 1 is 0.840 bits per heavy atom. The molecule has 0 aliphatic carbocycles. The Kier molecular flexibility index (Phi) is 8.85. The number of para-hydroxylation sites is 1. The van der Waals surface area contributed by atoms with E-state index in [2.05, 4.69) is 55.4 Å². The van der Waals surface area contributed by atoms with Gasteiger partial charge >= 0.3 is 0 Å². The summed E-state index contributed by atoms with van der Waals surface area (Å²) >= 11 is 5.95. The molecule has 0 atom stereocenters. The van der Waals surface area contributed by atoms with Gasteiger partial charge in [0.05, 0.1) is 6.61 Å². The molecule has 0 saturated heterocycles. The fourth-order valence-corrected chi connectivity index (χ4v) is 2.97. The van der Waals surface area contributed by atoms with Gasteiger partial charge in [-0.2, -0.15) is 0 Å². The van der Waals surface area contributed by atoms with Crippen LogP contribution < -0.4 is 4.74 Å². The molecule has 25 heavy (non-hydrogen) atoms. The number of rotatable bonds is 11. The molecule has 2 rings (SSSR count). The van der Waals surface area contributed by atoms with Gasteiger partial charge in [0.1, 0.15) is 5.75 Å². The second-order valence-electron chi connectivity index (χ2n) is 6.80. The van der Waals surface area contributed by atoms with Crippen LogP contribution in [0.1, 0.15) is 36.8 Å². The summed E-state index contributed by atoms with van der Waals surface area (Å²) in [7, 11) is 4.26. The van der Waals surface area contributed by atoms with E-state index in [1.807, 2.05) is 12.1 Å². The highest BCUT2D eigenvalue weighted by atomic mass is 35.5. The smallest absolute Gasteiger partial charge is 0.122 e. The molecule has 0 aliphatic heterocycles. The minimum atomic E-state index is 0.790. The van der Waals surface area contributed by atoms with Crippen molar-refractivity contribution < 1.29 is 4.74 Å². The highest BCUT2D eigenvalue weighted by Crippen LogP contribution is 2.21. The first-order valence-corrected chi connectivity index (χ1v) is 9.63. The molecule has 0 amide bonds. The van der Waals surface area contributed by atoms with E-state index in [0.29, 0.717) is 0 Å². The van der Waals surface area contributed by atoms with Crippen LogP contribution in [0.25, 0.3) is 0 Å². The zero-order valence-electron chi connectivity index (χ0n) is 15.5. The highest BCUT2D eigenvalue weighted by Gasteiger charge is 2.04. The van der Waals surface area contributed by atoms with Crippen molar-refractivity contribution in [3.63, 3.8) is 0 Å². The molecule has 0 radical (unpaired) electrons. The first-order valence-electron chi connectivity index (χ1n) is 9.25. The summed E-state index contributed by atoms with van der Waals surface area (Å²) in [6.45, 7) is 1.98. The van der Waals surface area contributed by atoms with E-state index in [1.165, 1.54) is 36.9 Å². The average molecular weight is 360 g/mol. The predicted molar refractivity (Wildman–Crippen MR) is 108 cm³/mol. The van der Waals surface area contributed by atoms with Gasteiger partial charge in [0.15, 0.2) is 0 Å². The van der Waals surface area contributed by atoms with Gasteiger partial charge in [0.25, 0.3) is 0 Å². The minimum Gasteiger partial charge on any atom is -0.493 e. The van der Waals surface area contributed by atoms with Crippen LogP contribution in [0.4, 0.5) is 0 Å². The van der Waals surface area contributed by atoms with Crippen LogP contribution in [-0.2, 0) is 12.8 Å². The lowest BCUT2D eigenvalue weighted by molar-refractivity contribution is 0.299. The molecule has 0 unspecified atom stereocenters. The summed E-state index contributed by atoms with van der Waals surface area (Å²) < 4.78 is 6.04. The topological polar surface area (TPSA) is 12.5 Å². The molecule has 0 fully saturated rings. The molecule has 2 aromatic carbocycles. The van der Waals surface area contributed by atoms with E-state index in [0.717, 1.165) is 36.6 Å². The molecular formula is C22H30ClNO. The van der Waals surface area contributed by atoms with Gasteiger partial charge in [0.2, 0.25) is 0 Å². The molecule has 0 aromatic heterocycles. The van der Waals surface area contributed by atoms with Gasteiger partial charge in [0, 0.05) is 5.02 Å². The van der Waals surface area contributed by atoms with Crippen LogP contribution >= 0.6 is 11.6 Å². The Morgan fingerprint density at radius 3 is 2.32 bits per heavy atom. The largest absolute Gasteiger partial charge is 0.493 e. The lowest BCUT2D eigenvalue weighted by atomic mass is 10.0. The van der Waals surface area contributed by atoms with E-state index >= 15 is 0 Å². The van der Waals surface area contributed by atoms with E-state index < -0.39 is 0 Å². The average Bonchev–Trinajstić information content (AvgIpc) is 2.61. The lowest BCUT2D eigenvalue weighted by Crippen LogP contribution is -2.12. The number of benzene rings is 2. The fourth-order valence-electron chi connectivity index (χ4n) is 2.85. The summed E-state index contributed by atoms with van der Waals surface area (Å²) in [6, 6.07) is 16.5. The lowest BCUT2D eigenvalue weighted by Gasteiger charge is -2.12. The molecule has 0 aliphatic rings. The van der Waals surface area contributed by atoms with Gasteiger partial charge < -0.3 is 9.64 Å². The first kappa shape index (κ1) is 19.8. The van der Waals surface area contributed by atoms with Crippen LogP contribution in [-0.4, -0.2) is 32.1 Å². The monoisotopic (exact) mass is 359 g/mol. The van der Waals surface area contributed by atoms with E-state index in [1.54, 1.807) is 0 Å². The van der Waals surface area contributed by atoms with Crippen LogP contribution in [0.15, 0.2) is 48.5 Å². The maximum atomic E-state index is 6.04. The number of aryl methyl sites for hydroxylation is 2. The molecule has 0 bridgehead atoms. The van der Waals surface area contributed by atoms with Crippen LogP contribution in [0.2, 0.25) is 5.02 Å². The number of ether oxygens (including phenoxy) is 1. The number of unbranched alkanes of at least 4 members (excludes halogenated alkanes) is 3. The van der Waals surface area contributed by atoms with Gasteiger partial charge in [-0.3, -0.25) is 0 Å². The minimum absolute atomic E-state index is 0.790. The molecule has 0 N–H and O–H groups in total. The van der Waals surface area contributed by atoms with Crippen molar-refractivity contribution in [2.75, 3.05) is 27.2 Å². The van der Waals surface area contributed by atoms with Crippen molar-refractivity contribution in [2.45, 2.75) is 38.5 Å². The van der Waals surface area contributed by atoms with E-state index in [4.69, 9.17) is 16.3 Å². The summed E-state index contributed by atoms with van der Waals surface area (Å²) in [5.74, 6) is 1.03. The molecule has 0 saturated carbocycles. The zero-order valence-corrected chi connectivity index (χ0v) is 16.3. The Hall–Kier alpha value is -1.51. The van der Waals surface area contributed by atoms with Crippen LogP contribution in [0.3, 0.4) is 0 Å². The molecule has 2 nitrogen and oxygen atoms in total. The van der Waals surface area contributed by atoms with E-state index in [-0.39, 0.29) is 0 Å². The molecule has 0 heterocycles. The fraction of sp³-hybridized carbons (Fsp3) is 0.455. The van der Waals surface area contributed by atoms with Crippen molar-refractivity contribution in [1.29, 1.82) is 0 Å². The first-order chi connectivity index (χ1) is 12.1. The van der Waals surface area contributed by atoms with Crippen molar-refractivity contribution >= 4 is 11.6 Å². The Bertz CT molecular complexity index is 610. The number of halogens is 1. The SMILES string of the molecule is CN(C)CCCCCCOc1ccccc1CCc1ccc(Cl)cc1. The number of hydrogen-bond donors (Lipinski definition) is 0. The molecular weight excluding hydrogens is 330 g/mol. The third kappa shape index (κ3) is 7.94. The van der Waals surface area contributed by atoms with Crippen molar-refractivity contribution in [1.82, 2.24) is 4.90 Å². The molecule has 136 valence electrons. The van der Waals surface area contributed by atoms with Crippen LogP contribution in [0, 0.1) is 0 Å². The summed E-state index contributed by atoms with van der Waals surface area (Å²) in [5.41, 5.74) is 2.59. The maximum absolute atomic E-state index is 6.04. The second-order valence-corrected chi connectivity index (χ2v) is 7.24. The van der Waals surface area contributed by atoms with Gasteiger partial charge in [-0.1, -0.05) is 54.8 Å². The summed E-state index contributed by atoms with van der Waals surface area (Å²) in [5, 5.41) is 0.790. The predicted octanol–water partition coefficient (Wildman–Crippen LogP) is 5.63. The Balaban J connectivity index is 1.73. The normalized spacial score (nSPS) is 11.0. The van der Waals surface area contributed by atoms with E-state index in [9.17, 15) is 0 Å². The standard InChI is InChI=1S/C22H30ClNO/c1-24(2)17-7-3-4-8-18-25-22-10-6-5-9-20(22)14-11-19-12-15-21(23)16-13-19/h5-6,9-10,12-13,15-16H,3-4,7-8,11,14,17-18H2,1-2H3. The third-order valence-corrected chi connectivity index (χ3v) is 4.58. The Morgan fingerprint density at radius 2 is 1.56 bits per heavy atom. The zero-order chi connectivity index (χ0) is 17.9. The maximum Gasteiger partial charge on any atom is 0.122 e. The Labute approximate surface area is 157 Å². The molecule has 3 heteroatoms. The van der Waals surface area contributed by atoms with Crippen molar-refractivity contribution in [2.24, 2.45) is 0 Å². The summed E-state index contributed by atoms with van der Waals surface area (Å²) in [6.07, 6.45) is 6.90. The third-order valence-electron chi connectivity index (χ3n) is 4.33. The highest BCUT2D eigenvalue weighted by molar-refractivity contribution is 6.30.